The fourth-order valence-electron chi connectivity index (χ4n) is 9.75. The molecule has 4 saturated carbocycles. The van der Waals surface area contributed by atoms with E-state index in [-0.39, 0.29) is 47.6 Å². The van der Waals surface area contributed by atoms with E-state index >= 15 is 0 Å². The van der Waals surface area contributed by atoms with E-state index in [1.165, 1.54) is 6.29 Å². The van der Waals surface area contributed by atoms with Crippen molar-refractivity contribution >= 4 is 12.3 Å². The van der Waals surface area contributed by atoms with Crippen LogP contribution < -0.4 is 0 Å². The molecule has 0 radical (unpaired) electrons. The molecule has 6 rings (SSSR count). The number of carbonyl (C=O) groups excluding carboxylic acids is 2. The maximum Gasteiger partial charge on any atom is 0.331 e. The monoisotopic (exact) mass is 518 g/mol. The van der Waals surface area contributed by atoms with Gasteiger partial charge < -0.3 is 34.3 Å². The van der Waals surface area contributed by atoms with Crippen molar-refractivity contribution in [3.05, 3.63) is 11.6 Å². The minimum Gasteiger partial charge on any atom is -0.458 e. The van der Waals surface area contributed by atoms with E-state index in [4.69, 9.17) is 14.2 Å². The van der Waals surface area contributed by atoms with Crippen LogP contribution >= 0.6 is 0 Å². The first kappa shape index (κ1) is 25.9. The topological polar surface area (TPSA) is 123 Å². The Morgan fingerprint density at radius 3 is 2.57 bits per heavy atom. The quantitative estimate of drug-likeness (QED) is 0.295. The molecule has 0 amide bonds. The van der Waals surface area contributed by atoms with Gasteiger partial charge in [-0.25, -0.2) is 4.79 Å². The summed E-state index contributed by atoms with van der Waals surface area (Å²) in [5, 5.41) is 32.5. The molecule has 6 aliphatic rings. The van der Waals surface area contributed by atoms with Crippen LogP contribution in [0.3, 0.4) is 0 Å². The summed E-state index contributed by atoms with van der Waals surface area (Å²) in [6.07, 6.45) is 7.61. The second kappa shape index (κ2) is 9.12. The number of cyclic esters (lactones) is 1. The molecule has 0 bridgehead atoms. The second-order valence-electron chi connectivity index (χ2n) is 13.1. The Morgan fingerprint density at radius 2 is 1.86 bits per heavy atom. The van der Waals surface area contributed by atoms with E-state index in [1.54, 1.807) is 13.0 Å². The number of carbonyl (C=O) groups is 2. The number of aliphatic hydroxyl groups excluding tert-OH is 2. The molecule has 0 aromatic heterocycles. The van der Waals surface area contributed by atoms with Crippen molar-refractivity contribution in [1.82, 2.24) is 0 Å². The van der Waals surface area contributed by atoms with Gasteiger partial charge in [-0.15, -0.1) is 0 Å². The van der Waals surface area contributed by atoms with Crippen molar-refractivity contribution in [3.8, 4) is 0 Å². The summed E-state index contributed by atoms with van der Waals surface area (Å²) < 4.78 is 17.3. The predicted octanol–water partition coefficient (Wildman–Crippen LogP) is 2.66. The minimum atomic E-state index is -0.903. The van der Waals surface area contributed by atoms with Gasteiger partial charge in [-0.1, -0.05) is 6.92 Å². The van der Waals surface area contributed by atoms with Gasteiger partial charge in [-0.05, 0) is 94.0 Å². The van der Waals surface area contributed by atoms with Crippen LogP contribution in [0.2, 0.25) is 0 Å². The second-order valence-corrected chi connectivity index (χ2v) is 13.1. The van der Waals surface area contributed by atoms with Crippen LogP contribution in [-0.4, -0.2) is 70.5 Å². The van der Waals surface area contributed by atoms with E-state index < -0.39 is 35.6 Å². The van der Waals surface area contributed by atoms with Gasteiger partial charge in [0.25, 0.3) is 0 Å². The van der Waals surface area contributed by atoms with Crippen LogP contribution in [0, 0.1) is 34.5 Å². The van der Waals surface area contributed by atoms with Crippen LogP contribution in [0.15, 0.2) is 11.6 Å². The molecule has 0 aromatic carbocycles. The lowest BCUT2D eigenvalue weighted by Gasteiger charge is -2.63. The van der Waals surface area contributed by atoms with Gasteiger partial charge in [0.15, 0.2) is 6.29 Å². The highest BCUT2D eigenvalue weighted by atomic mass is 16.7. The normalized spacial score (nSPS) is 53.5. The molecule has 206 valence electrons. The van der Waals surface area contributed by atoms with Gasteiger partial charge in [-0.2, -0.15) is 0 Å². The zero-order valence-corrected chi connectivity index (χ0v) is 22.0. The number of ether oxygens (including phenoxy) is 3. The van der Waals surface area contributed by atoms with Crippen molar-refractivity contribution in [2.45, 2.75) is 114 Å². The summed E-state index contributed by atoms with van der Waals surface area (Å²) >= 11 is 0. The minimum absolute atomic E-state index is 0.0473. The molecule has 8 heteroatoms. The number of hydrogen-bond donors (Lipinski definition) is 3. The van der Waals surface area contributed by atoms with E-state index in [0.717, 1.165) is 56.9 Å². The van der Waals surface area contributed by atoms with E-state index in [0.29, 0.717) is 13.0 Å². The van der Waals surface area contributed by atoms with Gasteiger partial charge in [-0.3, -0.25) is 0 Å². The summed E-state index contributed by atoms with van der Waals surface area (Å²) in [5.74, 6) is 0.301. The van der Waals surface area contributed by atoms with Crippen molar-refractivity contribution in [1.29, 1.82) is 0 Å². The Bertz CT molecular complexity index is 954. The molecule has 8 nitrogen and oxygen atoms in total. The van der Waals surface area contributed by atoms with Crippen LogP contribution in [0.1, 0.15) is 78.1 Å². The van der Waals surface area contributed by atoms with Gasteiger partial charge in [0.1, 0.15) is 19.0 Å². The fraction of sp³-hybridized carbons (Fsp3) is 0.862. The number of esters is 1. The van der Waals surface area contributed by atoms with Crippen LogP contribution in [0.25, 0.3) is 0 Å². The first-order chi connectivity index (χ1) is 17.6. The molecule has 0 aromatic rings. The first-order valence-corrected chi connectivity index (χ1v) is 14.3. The summed E-state index contributed by atoms with van der Waals surface area (Å²) in [6, 6.07) is 0. The molecule has 0 spiro atoms. The molecule has 5 fully saturated rings. The first-order valence-electron chi connectivity index (χ1n) is 14.3. The zero-order chi connectivity index (χ0) is 26.2. The third-order valence-corrected chi connectivity index (χ3v) is 11.7. The van der Waals surface area contributed by atoms with Crippen LogP contribution in [0.4, 0.5) is 0 Å². The highest BCUT2D eigenvalue weighted by Gasteiger charge is 2.68. The average Bonchev–Trinajstić information content (AvgIpc) is 3.42. The van der Waals surface area contributed by atoms with Crippen molar-refractivity contribution in [2.75, 3.05) is 6.61 Å². The van der Waals surface area contributed by atoms with Gasteiger partial charge in [0, 0.05) is 23.3 Å². The molecule has 3 N–H and O–H groups in total. The number of aliphatic hydroxyl groups is 3. The standard InChI is InChI=1S/C29H42O8/c1-16-26(33)23(31)13-25(36-16)37-19-5-9-28(15-30)18(12-19)3-4-22-21(28)6-8-27(2)20(7-10-29(22,27)34)17-11-24(32)35-14-17/h11,15-16,18-23,25-26,31,33-34H,3-10,12-14H2,1-2H3. The number of hydrogen-bond acceptors (Lipinski definition) is 8. The van der Waals surface area contributed by atoms with E-state index in [2.05, 4.69) is 6.92 Å². The summed E-state index contributed by atoms with van der Waals surface area (Å²) in [6.45, 7) is 4.28. The average molecular weight is 519 g/mol. The molecular weight excluding hydrogens is 476 g/mol. The number of fused-ring (bicyclic) bond motifs is 5. The van der Waals surface area contributed by atoms with Crippen molar-refractivity contribution < 1.29 is 39.1 Å². The molecule has 12 unspecified atom stereocenters. The molecule has 4 aliphatic carbocycles. The Kier molecular flexibility index (Phi) is 6.39. The van der Waals surface area contributed by atoms with Gasteiger partial charge in [0.2, 0.25) is 0 Å². The highest BCUT2D eigenvalue weighted by molar-refractivity contribution is 5.85. The Morgan fingerprint density at radius 1 is 1.05 bits per heavy atom. The van der Waals surface area contributed by atoms with E-state index in [1.807, 2.05) is 0 Å². The van der Waals surface area contributed by atoms with Crippen LogP contribution in [-0.2, 0) is 23.8 Å². The lowest BCUT2D eigenvalue weighted by atomic mass is 9.43. The predicted molar refractivity (Wildman–Crippen MR) is 132 cm³/mol. The summed E-state index contributed by atoms with van der Waals surface area (Å²) in [4.78, 5) is 24.7. The molecule has 12 atom stereocenters. The summed E-state index contributed by atoms with van der Waals surface area (Å²) in [7, 11) is 0. The smallest absolute Gasteiger partial charge is 0.331 e. The Balaban J connectivity index is 1.18. The fourth-order valence-corrected chi connectivity index (χ4v) is 9.75. The van der Waals surface area contributed by atoms with E-state index in [9.17, 15) is 24.9 Å². The van der Waals surface area contributed by atoms with Crippen molar-refractivity contribution in [3.63, 3.8) is 0 Å². The molecule has 2 heterocycles. The highest BCUT2D eigenvalue weighted by Crippen LogP contribution is 2.69. The maximum atomic E-state index is 12.9. The summed E-state index contributed by atoms with van der Waals surface area (Å²) in [5.41, 5.74) is -0.578. The molecule has 1 saturated heterocycles. The molecule has 2 aliphatic heterocycles. The third-order valence-electron chi connectivity index (χ3n) is 11.7. The number of rotatable bonds is 4. The molecular formula is C29H42O8. The lowest BCUT2D eigenvalue weighted by Crippen LogP contribution is -2.63. The van der Waals surface area contributed by atoms with Gasteiger partial charge >= 0.3 is 5.97 Å². The van der Waals surface area contributed by atoms with Crippen LogP contribution in [0.5, 0.6) is 0 Å². The van der Waals surface area contributed by atoms with Gasteiger partial charge in [0.05, 0.1) is 23.9 Å². The largest absolute Gasteiger partial charge is 0.458 e. The lowest BCUT2D eigenvalue weighted by molar-refractivity contribution is -0.269. The zero-order valence-electron chi connectivity index (χ0n) is 22.0. The molecule has 37 heavy (non-hydrogen) atoms. The number of aldehydes is 1. The van der Waals surface area contributed by atoms with Crippen molar-refractivity contribution in [2.24, 2.45) is 34.5 Å². The maximum absolute atomic E-state index is 12.9. The Labute approximate surface area is 218 Å². The third kappa shape index (κ3) is 3.80. The SMILES string of the molecule is CC1OC(OC2CCC3(C=O)C(CCC4C3CCC3(C)C(C5=CC(=O)OC5)CCC43O)C2)CC(O)C1O. The Hall–Kier alpha value is -1.32.